The number of carbonyl (C=O) groups excluding carboxylic acids is 2. The van der Waals surface area contributed by atoms with Gasteiger partial charge < -0.3 is 14.8 Å². The summed E-state index contributed by atoms with van der Waals surface area (Å²) in [7, 11) is 1.20. The number of hydrogen-bond donors (Lipinski definition) is 1. The molecule has 1 unspecified atom stereocenters. The van der Waals surface area contributed by atoms with Gasteiger partial charge in [-0.2, -0.15) is 13.2 Å². The molecule has 0 fully saturated rings. The number of amides is 1. The molecule has 100 valence electrons. The molecular formula is C8H11F3INO4. The van der Waals surface area contributed by atoms with Crippen LogP contribution < -0.4 is 5.32 Å². The summed E-state index contributed by atoms with van der Waals surface area (Å²) < 4.78 is 42.9. The topological polar surface area (TPSA) is 64.6 Å². The lowest BCUT2D eigenvalue weighted by Crippen LogP contribution is -2.36. The predicted molar refractivity (Wildman–Crippen MR) is 59.7 cm³/mol. The van der Waals surface area contributed by atoms with Gasteiger partial charge >= 0.3 is 12.1 Å². The maximum Gasteiger partial charge on any atom is 0.411 e. The molecule has 17 heavy (non-hydrogen) atoms. The summed E-state index contributed by atoms with van der Waals surface area (Å²) in [6, 6.07) is 0. The normalized spacial score (nSPS) is 13.0. The molecule has 1 N–H and O–H groups in total. The monoisotopic (exact) mass is 369 g/mol. The number of esters is 1. The average Bonchev–Trinajstić information content (AvgIpc) is 2.22. The summed E-state index contributed by atoms with van der Waals surface area (Å²) in [5.74, 6) is -1.25. The van der Waals surface area contributed by atoms with Crippen LogP contribution in [0, 0.1) is 0 Å². The van der Waals surface area contributed by atoms with Gasteiger partial charge in [0.05, 0.1) is 7.11 Å². The van der Waals surface area contributed by atoms with Crippen molar-refractivity contribution in [2.45, 2.75) is 10.1 Å². The van der Waals surface area contributed by atoms with Crippen LogP contribution in [0.25, 0.3) is 0 Å². The molecule has 0 saturated heterocycles. The van der Waals surface area contributed by atoms with Crippen molar-refractivity contribution in [1.29, 1.82) is 0 Å². The number of carbonyl (C=O) groups is 2. The molecule has 1 atom stereocenters. The summed E-state index contributed by atoms with van der Waals surface area (Å²) in [6.07, 6.45) is -4.46. The smallest absolute Gasteiger partial charge is 0.411 e. The fourth-order valence-electron chi connectivity index (χ4n) is 0.725. The van der Waals surface area contributed by atoms with Crippen LogP contribution in [0.15, 0.2) is 0 Å². The first kappa shape index (κ1) is 16.4. The van der Waals surface area contributed by atoms with E-state index in [4.69, 9.17) is 0 Å². The molecule has 0 heterocycles. The number of nitrogens with one attached hydrogen (secondary N) is 1. The van der Waals surface area contributed by atoms with E-state index < -0.39 is 35.2 Å². The molecule has 5 nitrogen and oxygen atoms in total. The van der Waals surface area contributed by atoms with Crippen molar-refractivity contribution in [2.24, 2.45) is 0 Å². The Bertz CT molecular complexity index is 272. The maximum absolute atomic E-state index is 11.7. The molecule has 0 aromatic carbocycles. The minimum Gasteiger partial charge on any atom is -0.468 e. The van der Waals surface area contributed by atoms with E-state index in [0.717, 1.165) is 0 Å². The van der Waals surface area contributed by atoms with Crippen LogP contribution in [0.2, 0.25) is 0 Å². The van der Waals surface area contributed by atoms with Gasteiger partial charge in [0.25, 0.3) is 0 Å². The lowest BCUT2D eigenvalue weighted by molar-refractivity contribution is -0.175. The molecule has 0 aromatic rings. The third-order valence-corrected chi connectivity index (χ3v) is 2.38. The Morgan fingerprint density at radius 1 is 1.41 bits per heavy atom. The van der Waals surface area contributed by atoms with Gasteiger partial charge in [-0.1, -0.05) is 22.6 Å². The predicted octanol–water partition coefficient (Wildman–Crippen LogP) is 0.658. The van der Waals surface area contributed by atoms with Gasteiger partial charge in [-0.05, 0) is 0 Å². The van der Waals surface area contributed by atoms with Crippen molar-refractivity contribution < 1.29 is 32.2 Å². The molecule has 1 amide bonds. The number of alkyl halides is 4. The van der Waals surface area contributed by atoms with Crippen LogP contribution in [0.1, 0.15) is 0 Å². The molecule has 0 spiro atoms. The van der Waals surface area contributed by atoms with E-state index in [0.29, 0.717) is 0 Å². The highest BCUT2D eigenvalue weighted by molar-refractivity contribution is 14.1. The highest BCUT2D eigenvalue weighted by atomic mass is 127. The molecular weight excluding hydrogens is 358 g/mol. The minimum atomic E-state index is -4.46. The van der Waals surface area contributed by atoms with E-state index in [1.807, 2.05) is 0 Å². The first-order valence-electron chi connectivity index (χ1n) is 4.39. The molecule has 0 aliphatic carbocycles. The second-order valence-electron chi connectivity index (χ2n) is 2.90. The zero-order valence-corrected chi connectivity index (χ0v) is 11.0. The average molecular weight is 369 g/mol. The van der Waals surface area contributed by atoms with Crippen LogP contribution in [-0.2, 0) is 19.1 Å². The largest absolute Gasteiger partial charge is 0.468 e. The molecule has 0 bridgehead atoms. The lowest BCUT2D eigenvalue weighted by atomic mass is 10.4. The standard InChI is InChI=1S/C8H11F3INO4/c1-16-7(15)5(12)2-13-6(14)3-17-4-8(9,10)11/h5H,2-4H2,1H3,(H,13,14). The Kier molecular flexibility index (Phi) is 7.43. The van der Waals surface area contributed by atoms with Crippen LogP contribution in [0.3, 0.4) is 0 Å². The van der Waals surface area contributed by atoms with E-state index in [1.165, 1.54) is 7.11 Å². The van der Waals surface area contributed by atoms with Crippen molar-refractivity contribution in [2.75, 3.05) is 26.9 Å². The first-order chi connectivity index (χ1) is 7.76. The summed E-state index contributed by atoms with van der Waals surface area (Å²) in [5.41, 5.74) is 0. The van der Waals surface area contributed by atoms with E-state index >= 15 is 0 Å². The van der Waals surface area contributed by atoms with E-state index in [9.17, 15) is 22.8 Å². The molecule has 9 heteroatoms. The fraction of sp³-hybridized carbons (Fsp3) is 0.750. The zero-order chi connectivity index (χ0) is 13.5. The summed E-state index contributed by atoms with van der Waals surface area (Å²) >= 11 is 1.74. The van der Waals surface area contributed by atoms with Crippen LogP contribution in [0.5, 0.6) is 0 Å². The number of rotatable bonds is 6. The number of ether oxygens (including phenoxy) is 2. The third kappa shape index (κ3) is 9.15. The SMILES string of the molecule is COC(=O)C(I)CNC(=O)COCC(F)(F)F. The van der Waals surface area contributed by atoms with Crippen LogP contribution >= 0.6 is 22.6 Å². The highest BCUT2D eigenvalue weighted by Crippen LogP contribution is 2.14. The van der Waals surface area contributed by atoms with Crippen molar-refractivity contribution in [1.82, 2.24) is 5.32 Å². The van der Waals surface area contributed by atoms with Gasteiger partial charge in [0.15, 0.2) is 0 Å². The van der Waals surface area contributed by atoms with E-state index in [2.05, 4.69) is 14.8 Å². The molecule has 0 aliphatic rings. The van der Waals surface area contributed by atoms with Crippen molar-refractivity contribution in [3.05, 3.63) is 0 Å². The summed E-state index contributed by atoms with van der Waals surface area (Å²) in [4.78, 5) is 21.9. The highest BCUT2D eigenvalue weighted by Gasteiger charge is 2.27. The number of halogens is 4. The quantitative estimate of drug-likeness (QED) is 0.425. The molecule has 0 aromatic heterocycles. The number of methoxy groups -OCH3 is 1. The van der Waals surface area contributed by atoms with Gasteiger partial charge in [-0.15, -0.1) is 0 Å². The van der Waals surface area contributed by atoms with Gasteiger partial charge in [0, 0.05) is 6.54 Å². The molecule has 0 saturated carbocycles. The zero-order valence-electron chi connectivity index (χ0n) is 8.84. The second-order valence-corrected chi connectivity index (χ2v) is 4.41. The fourth-order valence-corrected chi connectivity index (χ4v) is 1.20. The second kappa shape index (κ2) is 7.69. The van der Waals surface area contributed by atoms with Gasteiger partial charge in [-0.25, -0.2) is 0 Å². The Balaban J connectivity index is 3.70. The van der Waals surface area contributed by atoms with Crippen molar-refractivity contribution in [3.8, 4) is 0 Å². The Morgan fingerprint density at radius 2 is 2.00 bits per heavy atom. The van der Waals surface area contributed by atoms with Gasteiger partial charge in [0.2, 0.25) is 5.91 Å². The van der Waals surface area contributed by atoms with Gasteiger partial charge in [0.1, 0.15) is 17.1 Å². The lowest BCUT2D eigenvalue weighted by Gasteiger charge is -2.10. The Morgan fingerprint density at radius 3 is 2.47 bits per heavy atom. The Hall–Kier alpha value is -0.580. The molecule has 0 rings (SSSR count). The van der Waals surface area contributed by atoms with E-state index in [1.54, 1.807) is 22.6 Å². The molecule has 0 radical (unpaired) electrons. The van der Waals surface area contributed by atoms with Gasteiger partial charge in [-0.3, -0.25) is 9.59 Å². The van der Waals surface area contributed by atoms with Crippen LogP contribution in [-0.4, -0.2) is 48.8 Å². The maximum atomic E-state index is 11.7. The van der Waals surface area contributed by atoms with E-state index in [-0.39, 0.29) is 6.54 Å². The minimum absolute atomic E-state index is 0.0263. The summed E-state index contributed by atoms with van der Waals surface area (Å²) in [6.45, 7) is -2.21. The third-order valence-electron chi connectivity index (χ3n) is 1.43. The molecule has 0 aliphatic heterocycles. The van der Waals surface area contributed by atoms with Crippen molar-refractivity contribution >= 4 is 34.5 Å². The van der Waals surface area contributed by atoms with Crippen LogP contribution in [0.4, 0.5) is 13.2 Å². The van der Waals surface area contributed by atoms with Crippen molar-refractivity contribution in [3.63, 3.8) is 0 Å². The number of hydrogen-bond acceptors (Lipinski definition) is 4. The Labute approximate surface area is 109 Å². The summed E-state index contributed by atoms with van der Waals surface area (Å²) in [5, 5.41) is 2.24. The first-order valence-corrected chi connectivity index (χ1v) is 5.64.